The Morgan fingerprint density at radius 2 is 1.92 bits per heavy atom. The fraction of sp³-hybridized carbons (Fsp3) is 0.900. The number of nitrogens with zero attached hydrogens (tertiary/aromatic N) is 2. The molecule has 13 heavy (non-hydrogen) atoms. The molecule has 0 amide bonds. The van der Waals surface area contributed by atoms with Crippen LogP contribution in [0.1, 0.15) is 44.9 Å². The van der Waals surface area contributed by atoms with Crippen LogP contribution in [0.2, 0.25) is 0 Å². The van der Waals surface area contributed by atoms with E-state index in [1.54, 1.807) is 0 Å². The van der Waals surface area contributed by atoms with E-state index in [4.69, 9.17) is 5.21 Å². The first-order valence-electron chi connectivity index (χ1n) is 5.39. The summed E-state index contributed by atoms with van der Waals surface area (Å²) in [5, 5.41) is 12.2. The average Bonchev–Trinajstić information content (AvgIpc) is 2.67. The minimum absolute atomic E-state index is 0.669. The van der Waals surface area contributed by atoms with Crippen LogP contribution in [0.15, 0.2) is 5.16 Å². The van der Waals surface area contributed by atoms with Crippen molar-refractivity contribution < 1.29 is 5.21 Å². The van der Waals surface area contributed by atoms with Gasteiger partial charge in [-0.1, -0.05) is 24.4 Å². The van der Waals surface area contributed by atoms with E-state index in [0.717, 1.165) is 25.2 Å². The van der Waals surface area contributed by atoms with E-state index in [9.17, 15) is 0 Å². The molecule has 1 N–H and O–H groups in total. The van der Waals surface area contributed by atoms with Crippen molar-refractivity contribution in [2.75, 3.05) is 6.54 Å². The molecule has 74 valence electrons. The third-order valence-electron chi connectivity index (χ3n) is 3.26. The van der Waals surface area contributed by atoms with Gasteiger partial charge in [0.2, 0.25) is 0 Å². The van der Waals surface area contributed by atoms with Gasteiger partial charge in [-0.3, -0.25) is 0 Å². The van der Waals surface area contributed by atoms with E-state index in [2.05, 4.69) is 10.1 Å². The van der Waals surface area contributed by atoms with Gasteiger partial charge in [0.15, 0.2) is 0 Å². The molecule has 2 fully saturated rings. The molecule has 2 rings (SSSR count). The normalized spacial score (nSPS) is 28.6. The van der Waals surface area contributed by atoms with Crippen LogP contribution in [0.4, 0.5) is 0 Å². The van der Waals surface area contributed by atoms with Crippen molar-refractivity contribution in [1.29, 1.82) is 0 Å². The van der Waals surface area contributed by atoms with Crippen LogP contribution in [0, 0.1) is 0 Å². The van der Waals surface area contributed by atoms with Crippen LogP contribution < -0.4 is 0 Å². The maximum absolute atomic E-state index is 8.81. The van der Waals surface area contributed by atoms with Crippen LogP contribution >= 0.6 is 0 Å². The Morgan fingerprint density at radius 1 is 1.15 bits per heavy atom. The predicted octanol–water partition coefficient (Wildman–Crippen LogP) is 2.20. The molecule has 0 spiro atoms. The molecule has 1 aliphatic carbocycles. The van der Waals surface area contributed by atoms with E-state index in [0.29, 0.717) is 6.04 Å². The van der Waals surface area contributed by atoms with Crippen molar-refractivity contribution in [1.82, 2.24) is 4.90 Å². The third-order valence-corrected chi connectivity index (χ3v) is 3.26. The van der Waals surface area contributed by atoms with Crippen LogP contribution in [0.3, 0.4) is 0 Å². The van der Waals surface area contributed by atoms with Crippen molar-refractivity contribution in [3.8, 4) is 0 Å². The summed E-state index contributed by atoms with van der Waals surface area (Å²) < 4.78 is 0. The highest BCUT2D eigenvalue weighted by molar-refractivity contribution is 5.83. The van der Waals surface area contributed by atoms with Gasteiger partial charge in [0.1, 0.15) is 5.84 Å². The van der Waals surface area contributed by atoms with E-state index in [1.807, 2.05) is 0 Å². The molecule has 0 aromatic carbocycles. The summed E-state index contributed by atoms with van der Waals surface area (Å²) >= 11 is 0. The number of hydrogen-bond donors (Lipinski definition) is 1. The zero-order chi connectivity index (χ0) is 9.10. The van der Waals surface area contributed by atoms with Gasteiger partial charge in [0.25, 0.3) is 0 Å². The van der Waals surface area contributed by atoms with Gasteiger partial charge in [0.05, 0.1) is 0 Å². The summed E-state index contributed by atoms with van der Waals surface area (Å²) in [6, 6.07) is 0.669. The minimum Gasteiger partial charge on any atom is -0.409 e. The standard InChI is InChI=1S/C10H18N2O/c13-11-10-7-4-8-12(10)9-5-2-1-3-6-9/h9,13H,1-8H2. The smallest absolute Gasteiger partial charge is 0.144 e. The molecule has 0 radical (unpaired) electrons. The van der Waals surface area contributed by atoms with E-state index >= 15 is 0 Å². The molecule has 1 heterocycles. The maximum Gasteiger partial charge on any atom is 0.144 e. The number of likely N-dealkylation sites (tertiary alicyclic amines) is 1. The molecule has 0 unspecified atom stereocenters. The lowest BCUT2D eigenvalue weighted by molar-refractivity contribution is 0.242. The summed E-state index contributed by atoms with van der Waals surface area (Å²) in [5.41, 5.74) is 0. The molecule has 0 atom stereocenters. The number of oxime groups is 1. The first kappa shape index (κ1) is 8.85. The highest BCUT2D eigenvalue weighted by Crippen LogP contribution is 2.26. The largest absolute Gasteiger partial charge is 0.409 e. The van der Waals surface area contributed by atoms with Gasteiger partial charge in [-0.25, -0.2) is 0 Å². The van der Waals surface area contributed by atoms with Crippen LogP contribution in [-0.4, -0.2) is 28.5 Å². The summed E-state index contributed by atoms with van der Waals surface area (Å²) in [7, 11) is 0. The van der Waals surface area contributed by atoms with Gasteiger partial charge >= 0.3 is 0 Å². The fourth-order valence-corrected chi connectivity index (χ4v) is 2.57. The highest BCUT2D eigenvalue weighted by atomic mass is 16.4. The maximum atomic E-state index is 8.81. The Morgan fingerprint density at radius 3 is 2.62 bits per heavy atom. The van der Waals surface area contributed by atoms with Crippen LogP contribution in [0.25, 0.3) is 0 Å². The van der Waals surface area contributed by atoms with Crippen molar-refractivity contribution in [2.24, 2.45) is 5.16 Å². The zero-order valence-corrected chi connectivity index (χ0v) is 8.08. The monoisotopic (exact) mass is 182 g/mol. The predicted molar refractivity (Wildman–Crippen MR) is 52.0 cm³/mol. The highest BCUT2D eigenvalue weighted by Gasteiger charge is 2.27. The van der Waals surface area contributed by atoms with Gasteiger partial charge < -0.3 is 10.1 Å². The lowest BCUT2D eigenvalue weighted by Crippen LogP contribution is -2.37. The van der Waals surface area contributed by atoms with Crippen LogP contribution in [-0.2, 0) is 0 Å². The fourth-order valence-electron chi connectivity index (χ4n) is 2.57. The number of amidine groups is 1. The van der Waals surface area contributed by atoms with Crippen molar-refractivity contribution in [3.05, 3.63) is 0 Å². The molecule has 3 nitrogen and oxygen atoms in total. The average molecular weight is 182 g/mol. The molecule has 0 bridgehead atoms. The first-order valence-corrected chi connectivity index (χ1v) is 5.39. The van der Waals surface area contributed by atoms with Crippen molar-refractivity contribution in [2.45, 2.75) is 51.0 Å². The lowest BCUT2D eigenvalue weighted by Gasteiger charge is -2.32. The zero-order valence-electron chi connectivity index (χ0n) is 8.08. The van der Waals surface area contributed by atoms with Gasteiger partial charge in [-0.05, 0) is 19.3 Å². The topological polar surface area (TPSA) is 35.8 Å². The summed E-state index contributed by atoms with van der Waals surface area (Å²) in [6.45, 7) is 1.10. The van der Waals surface area contributed by atoms with Crippen LogP contribution in [0.5, 0.6) is 0 Å². The molecule has 1 saturated heterocycles. The molecule has 1 saturated carbocycles. The first-order chi connectivity index (χ1) is 6.42. The van der Waals surface area contributed by atoms with Crippen molar-refractivity contribution >= 4 is 5.84 Å². The summed E-state index contributed by atoms with van der Waals surface area (Å²) in [4.78, 5) is 2.32. The Hall–Kier alpha value is -0.730. The SMILES string of the molecule is ON=C1CCCN1C1CCCCC1. The van der Waals surface area contributed by atoms with Crippen molar-refractivity contribution in [3.63, 3.8) is 0 Å². The molecule has 0 aromatic heterocycles. The molecule has 3 heteroatoms. The van der Waals surface area contributed by atoms with E-state index < -0.39 is 0 Å². The van der Waals surface area contributed by atoms with Gasteiger partial charge in [-0.15, -0.1) is 0 Å². The number of rotatable bonds is 1. The second kappa shape index (κ2) is 3.99. The molecule has 0 aromatic rings. The molecule has 1 aliphatic heterocycles. The lowest BCUT2D eigenvalue weighted by atomic mass is 9.94. The number of hydrogen-bond acceptors (Lipinski definition) is 2. The summed E-state index contributed by atoms with van der Waals surface area (Å²) in [6.07, 6.45) is 8.79. The molecular formula is C10H18N2O. The second-order valence-electron chi connectivity index (χ2n) is 4.11. The quantitative estimate of drug-likeness (QED) is 0.498. The molecule has 2 aliphatic rings. The summed E-state index contributed by atoms with van der Waals surface area (Å²) in [5.74, 6) is 0.923. The van der Waals surface area contributed by atoms with E-state index in [-0.39, 0.29) is 0 Å². The van der Waals surface area contributed by atoms with Gasteiger partial charge in [0, 0.05) is 19.0 Å². The van der Waals surface area contributed by atoms with Gasteiger partial charge in [-0.2, -0.15) is 0 Å². The Balaban J connectivity index is 1.98. The second-order valence-corrected chi connectivity index (χ2v) is 4.11. The Labute approximate surface area is 79.4 Å². The minimum atomic E-state index is 0.669. The third kappa shape index (κ3) is 1.79. The Kier molecular flexibility index (Phi) is 2.71. The van der Waals surface area contributed by atoms with E-state index in [1.165, 1.54) is 32.1 Å². The molecular weight excluding hydrogens is 164 g/mol. The Bertz CT molecular complexity index is 197.